The van der Waals surface area contributed by atoms with E-state index in [1.54, 1.807) is 36.2 Å². The van der Waals surface area contributed by atoms with Gasteiger partial charge < -0.3 is 23.7 Å². The standard InChI is InChI=1S/C20H16F3N2.C15H7F2N2.C14H10F2N2.C5H6F2O2.2Ir/c1-19(2,3)12-5-7-17-16(10-12)15-11-13(20(21,22)23)4-6-14(15)18-24-8-9-25(17)18;16-9-1-3-11-12(7-9)13-8-10(17)2-4-14(13)19-6-5-18-15(11)19;1-17-9-18(14-5-3-2-4-13(14)17)12-7-6-10(15)8-11(12)16;6-2-4(8)1-5(9)3-7;;/h4-5,7-11H,1-3H3;1-2,4-8H;2-6,8-9H,1H3;1,8H,2-3H2;;/q2*-1;-2;;;+3. The third-order valence-corrected chi connectivity index (χ3v) is 11.3. The van der Waals surface area contributed by atoms with E-state index in [1.807, 2.05) is 69.4 Å². The van der Waals surface area contributed by atoms with Gasteiger partial charge >= 0.3 is 26.3 Å². The van der Waals surface area contributed by atoms with Gasteiger partial charge in [0.1, 0.15) is 18.3 Å². The molecule has 0 saturated heterocycles. The zero-order valence-electron chi connectivity index (χ0n) is 38.7. The van der Waals surface area contributed by atoms with Crippen molar-refractivity contribution in [2.75, 3.05) is 30.2 Å². The van der Waals surface area contributed by atoms with Crippen LogP contribution in [0.15, 0.2) is 134 Å². The number of hydrogen-bond acceptors (Lipinski definition) is 6. The Labute approximate surface area is 439 Å². The molecule has 19 heteroatoms. The number of allylic oxidation sites excluding steroid dienone is 2. The summed E-state index contributed by atoms with van der Waals surface area (Å²) in [4.78, 5) is 22.1. The number of ketones is 1. The molecule has 0 saturated carbocycles. The number of fused-ring (bicyclic) bond motifs is 13. The fourth-order valence-electron chi connectivity index (χ4n) is 7.98. The second kappa shape index (κ2) is 22.5. The van der Waals surface area contributed by atoms with Crippen LogP contribution in [0.25, 0.3) is 54.6 Å². The van der Waals surface area contributed by atoms with Crippen LogP contribution in [0.3, 0.4) is 0 Å². The SMILES string of the molecule is CC(C)(C)c1ccc2c(c1)c1cc(C(F)(F)F)c[c-]c1c1nccn21.CN1[CH-]N(c2[c-]cc(F)cc2F)c2ccccc21.Fc1c[c-]c2c(c1)c1cc(F)ccc1n1ccnc21.O=C(C=C(O)CF)CF.[Ir+3].[Ir]. The van der Waals surface area contributed by atoms with Gasteiger partial charge in [0.25, 0.3) is 0 Å². The number of para-hydroxylation sites is 2. The quantitative estimate of drug-likeness (QED) is 0.0622. The van der Waals surface area contributed by atoms with Gasteiger partial charge in [-0.15, -0.1) is 53.9 Å². The van der Waals surface area contributed by atoms with E-state index >= 15 is 0 Å². The summed E-state index contributed by atoms with van der Waals surface area (Å²) in [5.74, 6) is -3.66. The van der Waals surface area contributed by atoms with Crippen LogP contribution in [-0.4, -0.2) is 50.1 Å². The van der Waals surface area contributed by atoms with Crippen LogP contribution in [-0.2, 0) is 56.6 Å². The topological polar surface area (TPSA) is 78.4 Å². The summed E-state index contributed by atoms with van der Waals surface area (Å²) < 4.78 is 119. The van der Waals surface area contributed by atoms with E-state index in [0.717, 1.165) is 51.6 Å². The first kappa shape index (κ1) is 55.5. The van der Waals surface area contributed by atoms with Crippen molar-refractivity contribution in [1.82, 2.24) is 18.8 Å². The van der Waals surface area contributed by atoms with Crippen molar-refractivity contribution in [3.05, 3.63) is 193 Å². The van der Waals surface area contributed by atoms with E-state index in [9.17, 15) is 44.3 Å². The number of carbonyl (C=O) groups excluding carboxylic acids is 1. The fourth-order valence-corrected chi connectivity index (χ4v) is 7.98. The zero-order valence-corrected chi connectivity index (χ0v) is 43.5. The number of imidazole rings is 2. The molecule has 6 aromatic carbocycles. The molecular weight excluding hydrogens is 1320 g/mol. The van der Waals surface area contributed by atoms with E-state index in [1.165, 1.54) is 30.3 Å². The Morgan fingerprint density at radius 2 is 1.22 bits per heavy atom. The average molecular weight is 1360 g/mol. The number of halogens is 9. The van der Waals surface area contributed by atoms with Crippen molar-refractivity contribution in [2.24, 2.45) is 0 Å². The van der Waals surface area contributed by atoms with Crippen LogP contribution < -0.4 is 9.80 Å². The van der Waals surface area contributed by atoms with Crippen molar-refractivity contribution in [3.63, 3.8) is 0 Å². The average Bonchev–Trinajstić information content (AvgIpc) is 4.12. The van der Waals surface area contributed by atoms with Gasteiger partial charge in [0, 0.05) is 90.8 Å². The zero-order chi connectivity index (χ0) is 50.9. The van der Waals surface area contributed by atoms with E-state index in [-0.39, 0.29) is 57.1 Å². The molecule has 4 aromatic heterocycles. The van der Waals surface area contributed by atoms with Crippen LogP contribution >= 0.6 is 0 Å². The number of aliphatic hydroxyl groups excluding tert-OH is 1. The maximum absolute atomic E-state index is 13.8. The Balaban J connectivity index is 0.000000165. The third-order valence-electron chi connectivity index (χ3n) is 11.3. The number of nitrogens with zero attached hydrogens (tertiary/aromatic N) is 6. The van der Waals surface area contributed by atoms with Crippen LogP contribution in [0.4, 0.5) is 56.6 Å². The number of aromatic nitrogens is 4. The Morgan fingerprint density at radius 1 is 0.685 bits per heavy atom. The molecule has 0 atom stereocenters. The molecule has 0 unspecified atom stereocenters. The number of rotatable bonds is 4. The molecule has 0 fully saturated rings. The molecule has 11 rings (SSSR count). The normalized spacial score (nSPS) is 12.4. The van der Waals surface area contributed by atoms with Gasteiger partial charge in [0.15, 0.2) is 12.5 Å². The van der Waals surface area contributed by atoms with Gasteiger partial charge in [0.05, 0.1) is 11.3 Å². The van der Waals surface area contributed by atoms with E-state index in [0.29, 0.717) is 44.3 Å². The second-order valence-electron chi connectivity index (χ2n) is 17.1. The first-order chi connectivity index (χ1) is 33.8. The van der Waals surface area contributed by atoms with Crippen molar-refractivity contribution < 1.29 is 89.6 Å². The molecule has 0 amide bonds. The molecule has 0 aliphatic carbocycles. The Kier molecular flexibility index (Phi) is 17.2. The van der Waals surface area contributed by atoms with Gasteiger partial charge in [-0.05, 0) is 70.8 Å². The monoisotopic (exact) mass is 1360 g/mol. The summed E-state index contributed by atoms with van der Waals surface area (Å²) >= 11 is 0. The van der Waals surface area contributed by atoms with Crippen LogP contribution in [0.5, 0.6) is 0 Å². The first-order valence-electron chi connectivity index (χ1n) is 21.5. The van der Waals surface area contributed by atoms with Crippen LogP contribution in [0.1, 0.15) is 31.9 Å². The maximum atomic E-state index is 13.8. The molecule has 1 radical (unpaired) electrons. The van der Waals surface area contributed by atoms with Crippen molar-refractivity contribution in [2.45, 2.75) is 32.4 Å². The minimum atomic E-state index is -4.40. The number of carbonyl (C=O) groups is 1. The predicted molar refractivity (Wildman–Crippen MR) is 256 cm³/mol. The number of aliphatic hydroxyl groups is 1. The second-order valence-corrected chi connectivity index (χ2v) is 17.1. The molecule has 379 valence electrons. The summed E-state index contributed by atoms with van der Waals surface area (Å²) in [5, 5.41) is 12.1. The summed E-state index contributed by atoms with van der Waals surface area (Å²) in [6.07, 6.45) is 3.05. The summed E-state index contributed by atoms with van der Waals surface area (Å²) in [6, 6.07) is 33.2. The van der Waals surface area contributed by atoms with E-state index in [4.69, 9.17) is 5.11 Å². The molecule has 8 nitrogen and oxygen atoms in total. The Bertz CT molecular complexity index is 3500. The third kappa shape index (κ3) is 11.7. The molecule has 73 heavy (non-hydrogen) atoms. The molecule has 10 aromatic rings. The number of benzene rings is 6. The Hall–Kier alpha value is -6.78. The number of hydrogen-bond donors (Lipinski definition) is 1. The van der Waals surface area contributed by atoms with E-state index < -0.39 is 54.1 Å². The van der Waals surface area contributed by atoms with E-state index in [2.05, 4.69) is 48.9 Å². The van der Waals surface area contributed by atoms with Gasteiger partial charge in [-0.1, -0.05) is 66.9 Å². The predicted octanol–water partition coefficient (Wildman–Crippen LogP) is 13.9. The molecule has 0 spiro atoms. The van der Waals surface area contributed by atoms with Crippen molar-refractivity contribution in [3.8, 4) is 0 Å². The fraction of sp³-hybridized carbons (Fsp3) is 0.148. The summed E-state index contributed by atoms with van der Waals surface area (Å²) in [6.45, 7) is 5.66. The smallest absolute Gasteiger partial charge is 0.509 e. The number of anilines is 3. The van der Waals surface area contributed by atoms with Gasteiger partial charge in [-0.3, -0.25) is 27.9 Å². The van der Waals surface area contributed by atoms with Gasteiger partial charge in [-0.2, -0.15) is 25.9 Å². The van der Waals surface area contributed by atoms with Gasteiger partial charge in [0.2, 0.25) is 0 Å². The molecule has 5 heterocycles. The maximum Gasteiger partial charge on any atom is 3.00 e. The van der Waals surface area contributed by atoms with Crippen LogP contribution in [0, 0.1) is 48.1 Å². The molecule has 1 N–H and O–H groups in total. The van der Waals surface area contributed by atoms with Crippen molar-refractivity contribution >= 4 is 77.5 Å². The van der Waals surface area contributed by atoms with Gasteiger partial charge in [-0.25, -0.2) is 13.2 Å². The first-order valence-corrected chi connectivity index (χ1v) is 21.5. The van der Waals surface area contributed by atoms with Crippen LogP contribution in [0.2, 0.25) is 0 Å². The number of alkyl halides is 5. The molecule has 1 aliphatic heterocycles. The van der Waals surface area contributed by atoms with Crippen molar-refractivity contribution in [1.29, 1.82) is 0 Å². The minimum absolute atomic E-state index is 0. The summed E-state index contributed by atoms with van der Waals surface area (Å²) in [7, 11) is 1.88. The summed E-state index contributed by atoms with van der Waals surface area (Å²) in [5.41, 5.74) is 5.23. The molecule has 0 bridgehead atoms. The minimum Gasteiger partial charge on any atom is -0.509 e. The molecular formula is C54H39F9Ir2N6O2-. The Morgan fingerprint density at radius 3 is 1.81 bits per heavy atom. The number of pyridine rings is 2. The molecule has 1 aliphatic rings. The largest absolute Gasteiger partial charge is 3.00 e.